The Morgan fingerprint density at radius 2 is 1.18 bits per heavy atom. The molecule has 104 valence electrons. The van der Waals surface area contributed by atoms with Crippen molar-refractivity contribution in [2.24, 2.45) is 0 Å². The number of thiol groups is 2. The van der Waals surface area contributed by atoms with E-state index in [0.29, 0.717) is 0 Å². The molecular formula is C13H28O2S2. The number of carbonyl (C=O) groups is 1. The fourth-order valence-corrected chi connectivity index (χ4v) is 1.82. The topological polar surface area (TPSA) is 37.3 Å². The van der Waals surface area contributed by atoms with Crippen LogP contribution in [0.5, 0.6) is 0 Å². The van der Waals surface area contributed by atoms with E-state index < -0.39 is 5.30 Å². The molecule has 0 aromatic rings. The first-order valence-electron chi connectivity index (χ1n) is 6.67. The zero-order valence-corrected chi connectivity index (χ0v) is 12.8. The quantitative estimate of drug-likeness (QED) is 0.368. The van der Waals surface area contributed by atoms with E-state index in [4.69, 9.17) is 9.90 Å². The van der Waals surface area contributed by atoms with Crippen LogP contribution in [-0.4, -0.2) is 16.2 Å². The highest BCUT2D eigenvalue weighted by molar-refractivity contribution is 7.96. The van der Waals surface area contributed by atoms with E-state index in [1.807, 2.05) is 0 Å². The van der Waals surface area contributed by atoms with E-state index in [9.17, 15) is 0 Å². The molecule has 0 atom stereocenters. The molecule has 0 aliphatic heterocycles. The number of hydrogen-bond acceptors (Lipinski definition) is 2. The molecule has 0 fully saturated rings. The van der Waals surface area contributed by atoms with Gasteiger partial charge in [-0.2, -0.15) is 12.6 Å². The van der Waals surface area contributed by atoms with Crippen molar-refractivity contribution in [3.05, 3.63) is 0 Å². The molecule has 1 N–H and O–H groups in total. The summed E-state index contributed by atoms with van der Waals surface area (Å²) in [5.41, 5.74) is 0. The Morgan fingerprint density at radius 3 is 1.47 bits per heavy atom. The van der Waals surface area contributed by atoms with Gasteiger partial charge in [-0.3, -0.25) is 0 Å². The van der Waals surface area contributed by atoms with Crippen molar-refractivity contribution >= 4 is 30.6 Å². The third-order valence-electron chi connectivity index (χ3n) is 2.51. The summed E-state index contributed by atoms with van der Waals surface area (Å²) in [6.45, 7) is 2.28. The van der Waals surface area contributed by atoms with Gasteiger partial charge in [0.1, 0.15) is 0 Å². The first-order chi connectivity index (χ1) is 8.15. The summed E-state index contributed by atoms with van der Waals surface area (Å²) in [6, 6.07) is 0. The van der Waals surface area contributed by atoms with E-state index in [-0.39, 0.29) is 0 Å². The molecular weight excluding hydrogens is 252 g/mol. The maximum absolute atomic E-state index is 8.86. The van der Waals surface area contributed by atoms with Gasteiger partial charge in [0.25, 0.3) is 0 Å². The predicted octanol–water partition coefficient (Wildman–Crippen LogP) is 5.43. The van der Waals surface area contributed by atoms with E-state index in [2.05, 4.69) is 32.2 Å². The van der Waals surface area contributed by atoms with Gasteiger partial charge in [-0.15, -0.1) is 0 Å². The molecule has 0 rings (SSSR count). The third kappa shape index (κ3) is 31.4. The molecule has 0 saturated carbocycles. The Balaban J connectivity index is 0. The van der Waals surface area contributed by atoms with E-state index >= 15 is 0 Å². The SMILES string of the molecule is CCCCCCCCCCCCS.O=C(O)S. The second-order valence-electron chi connectivity index (χ2n) is 4.19. The fraction of sp³-hybridized carbons (Fsp3) is 0.923. The lowest BCUT2D eigenvalue weighted by atomic mass is 10.1. The average molecular weight is 280 g/mol. The minimum atomic E-state index is -1.14. The number of rotatable bonds is 10. The van der Waals surface area contributed by atoms with Gasteiger partial charge >= 0.3 is 5.30 Å². The summed E-state index contributed by atoms with van der Waals surface area (Å²) in [4.78, 5) is 8.86. The van der Waals surface area contributed by atoms with Gasteiger partial charge in [-0.1, -0.05) is 77.3 Å². The maximum Gasteiger partial charge on any atom is 0.361 e. The molecule has 0 aromatic heterocycles. The van der Waals surface area contributed by atoms with Crippen LogP contribution in [0.15, 0.2) is 0 Å². The molecule has 0 radical (unpaired) electrons. The van der Waals surface area contributed by atoms with Crippen molar-refractivity contribution in [3.8, 4) is 0 Å². The van der Waals surface area contributed by atoms with Gasteiger partial charge in [0.15, 0.2) is 0 Å². The van der Waals surface area contributed by atoms with Gasteiger partial charge in [0, 0.05) is 0 Å². The standard InChI is InChI=1S/C12H26S.CH2O2S/c1-2-3-4-5-6-7-8-9-10-11-12-13;2-1(3)4/h13H,2-12H2,1H3;4H,(H,2,3). The van der Waals surface area contributed by atoms with Crippen molar-refractivity contribution < 1.29 is 9.90 Å². The van der Waals surface area contributed by atoms with Crippen LogP contribution in [0.1, 0.15) is 71.1 Å². The molecule has 0 aromatic carbocycles. The molecule has 0 unspecified atom stereocenters. The Labute approximate surface area is 117 Å². The number of hydrogen-bond donors (Lipinski definition) is 3. The van der Waals surface area contributed by atoms with Crippen molar-refractivity contribution in [1.82, 2.24) is 0 Å². The lowest BCUT2D eigenvalue weighted by Crippen LogP contribution is -1.81. The van der Waals surface area contributed by atoms with Crippen molar-refractivity contribution in [3.63, 3.8) is 0 Å². The summed E-state index contributed by atoms with van der Waals surface area (Å²) in [6.07, 6.45) is 14.2. The van der Waals surface area contributed by atoms with Crippen molar-refractivity contribution in [2.75, 3.05) is 5.75 Å². The van der Waals surface area contributed by atoms with Crippen LogP contribution in [0.3, 0.4) is 0 Å². The van der Waals surface area contributed by atoms with Crippen molar-refractivity contribution in [1.29, 1.82) is 0 Å². The van der Waals surface area contributed by atoms with E-state index in [0.717, 1.165) is 5.75 Å². The zero-order chi connectivity index (χ0) is 13.4. The second kappa shape index (κ2) is 18.5. The molecule has 2 nitrogen and oxygen atoms in total. The van der Waals surface area contributed by atoms with E-state index in [1.54, 1.807) is 0 Å². The van der Waals surface area contributed by atoms with Crippen LogP contribution in [-0.2, 0) is 0 Å². The summed E-state index contributed by atoms with van der Waals surface area (Å²) < 4.78 is 0. The largest absolute Gasteiger partial charge is 0.473 e. The first-order valence-corrected chi connectivity index (χ1v) is 7.75. The molecule has 0 amide bonds. The van der Waals surface area contributed by atoms with Gasteiger partial charge in [-0.25, -0.2) is 4.79 Å². The predicted molar refractivity (Wildman–Crippen MR) is 82.7 cm³/mol. The van der Waals surface area contributed by atoms with Crippen LogP contribution < -0.4 is 0 Å². The normalized spacial score (nSPS) is 9.59. The minimum absolute atomic E-state index is 1.07. The molecule has 0 spiro atoms. The molecule has 0 aliphatic carbocycles. The third-order valence-corrected chi connectivity index (χ3v) is 2.83. The lowest BCUT2D eigenvalue weighted by Gasteiger charge is -2.00. The lowest BCUT2D eigenvalue weighted by molar-refractivity contribution is 0.222. The monoisotopic (exact) mass is 280 g/mol. The molecule has 0 bridgehead atoms. The average Bonchev–Trinajstić information content (AvgIpc) is 2.26. The molecule has 4 heteroatoms. The van der Waals surface area contributed by atoms with Crippen molar-refractivity contribution in [2.45, 2.75) is 71.1 Å². The smallest absolute Gasteiger partial charge is 0.361 e. The summed E-state index contributed by atoms with van der Waals surface area (Å²) in [5, 5.41) is 6.14. The Hall–Kier alpha value is 0.170. The minimum Gasteiger partial charge on any atom is -0.473 e. The molecule has 0 saturated heterocycles. The van der Waals surface area contributed by atoms with Gasteiger partial charge in [0.2, 0.25) is 0 Å². The van der Waals surface area contributed by atoms with Crippen LogP contribution in [0, 0.1) is 0 Å². The highest BCUT2D eigenvalue weighted by atomic mass is 32.1. The molecule has 0 aliphatic rings. The Bertz CT molecular complexity index is 138. The first kappa shape index (κ1) is 19.5. The number of unbranched alkanes of at least 4 members (excludes halogenated alkanes) is 9. The Morgan fingerprint density at radius 1 is 0.882 bits per heavy atom. The summed E-state index contributed by atoms with van der Waals surface area (Å²) >= 11 is 7.09. The highest BCUT2D eigenvalue weighted by Gasteiger charge is 1.91. The molecule has 17 heavy (non-hydrogen) atoms. The molecule has 0 heterocycles. The van der Waals surface area contributed by atoms with Crippen LogP contribution in [0.4, 0.5) is 4.79 Å². The number of carboxylic acid groups (broad SMARTS) is 1. The summed E-state index contributed by atoms with van der Waals surface area (Å²) in [5.74, 6) is 1.07. The fourth-order valence-electron chi connectivity index (χ4n) is 1.60. The second-order valence-corrected chi connectivity index (χ2v) is 5.02. The van der Waals surface area contributed by atoms with Crippen LogP contribution >= 0.6 is 25.3 Å². The highest BCUT2D eigenvalue weighted by Crippen LogP contribution is 2.10. The maximum atomic E-state index is 8.86. The van der Waals surface area contributed by atoms with Gasteiger partial charge in [0.05, 0.1) is 0 Å². The van der Waals surface area contributed by atoms with Crippen LogP contribution in [0.25, 0.3) is 0 Å². The van der Waals surface area contributed by atoms with E-state index in [1.165, 1.54) is 64.2 Å². The van der Waals surface area contributed by atoms with Gasteiger partial charge in [-0.05, 0) is 12.2 Å². The Kier molecular flexibility index (Phi) is 21.3. The van der Waals surface area contributed by atoms with Crippen LogP contribution in [0.2, 0.25) is 0 Å². The van der Waals surface area contributed by atoms with Gasteiger partial charge < -0.3 is 5.11 Å². The zero-order valence-electron chi connectivity index (χ0n) is 11.0. The summed E-state index contributed by atoms with van der Waals surface area (Å²) in [7, 11) is 0.